The first-order chi connectivity index (χ1) is 8.53. The van der Waals surface area contributed by atoms with Gasteiger partial charge in [-0.1, -0.05) is 19.6 Å². The van der Waals surface area contributed by atoms with Crippen molar-refractivity contribution in [2.24, 2.45) is 0 Å². The van der Waals surface area contributed by atoms with Crippen LogP contribution in [-0.4, -0.2) is 43.7 Å². The van der Waals surface area contributed by atoms with E-state index in [-0.39, 0.29) is 6.04 Å². The van der Waals surface area contributed by atoms with Crippen molar-refractivity contribution in [3.63, 3.8) is 0 Å². The Morgan fingerprint density at radius 3 is 2.83 bits per heavy atom. The maximum atomic E-state index is 5.76. The van der Waals surface area contributed by atoms with Gasteiger partial charge in [0.25, 0.3) is 0 Å². The van der Waals surface area contributed by atoms with Crippen LogP contribution < -0.4 is 5.32 Å². The van der Waals surface area contributed by atoms with E-state index in [2.05, 4.69) is 34.9 Å². The molecule has 0 saturated heterocycles. The van der Waals surface area contributed by atoms with Gasteiger partial charge >= 0.3 is 0 Å². The highest BCUT2D eigenvalue weighted by atomic mass is 35.5. The van der Waals surface area contributed by atoms with Crippen molar-refractivity contribution >= 4 is 19.7 Å². The molecule has 1 unspecified atom stereocenters. The van der Waals surface area contributed by atoms with E-state index < -0.39 is 8.07 Å². The van der Waals surface area contributed by atoms with E-state index in [1.54, 1.807) is 6.20 Å². The van der Waals surface area contributed by atoms with Gasteiger partial charge in [0.1, 0.15) is 5.82 Å². The fraction of sp³-hybridized carbons (Fsp3) is 0.750. The number of imidazole rings is 1. The van der Waals surface area contributed by atoms with Crippen molar-refractivity contribution in [2.75, 3.05) is 25.6 Å². The van der Waals surface area contributed by atoms with Crippen molar-refractivity contribution in [2.45, 2.75) is 31.7 Å². The third kappa shape index (κ3) is 6.54. The highest BCUT2D eigenvalue weighted by Crippen LogP contribution is 2.11. The van der Waals surface area contributed by atoms with Crippen molar-refractivity contribution < 1.29 is 4.74 Å². The van der Waals surface area contributed by atoms with Crippen LogP contribution in [0.3, 0.4) is 0 Å². The van der Waals surface area contributed by atoms with Gasteiger partial charge in [0.2, 0.25) is 0 Å². The lowest BCUT2D eigenvalue weighted by atomic mass is 10.3. The molecular weight excluding hydrogens is 266 g/mol. The lowest BCUT2D eigenvalue weighted by Crippen LogP contribution is -2.29. The van der Waals surface area contributed by atoms with Gasteiger partial charge in [-0.3, -0.25) is 0 Å². The molecule has 18 heavy (non-hydrogen) atoms. The van der Waals surface area contributed by atoms with E-state index in [4.69, 9.17) is 16.3 Å². The summed E-state index contributed by atoms with van der Waals surface area (Å²) < 4.78 is 5.76. The van der Waals surface area contributed by atoms with Crippen LogP contribution in [0.15, 0.2) is 12.4 Å². The van der Waals surface area contributed by atoms with Gasteiger partial charge in [-0.15, -0.1) is 11.6 Å². The Labute approximate surface area is 115 Å². The molecule has 1 heterocycles. The SMILES string of the molecule is C[Si](C)(C)CCOCC(NCCCl)c1ncc[nH]1. The second kappa shape index (κ2) is 7.94. The molecular formula is C12H24ClN3OSi. The first-order valence-electron chi connectivity index (χ1n) is 6.39. The van der Waals surface area contributed by atoms with Crippen molar-refractivity contribution in [3.05, 3.63) is 18.2 Å². The lowest BCUT2D eigenvalue weighted by Gasteiger charge is -2.19. The second-order valence-corrected chi connectivity index (χ2v) is 11.6. The van der Waals surface area contributed by atoms with E-state index in [1.165, 1.54) is 6.04 Å². The smallest absolute Gasteiger partial charge is 0.125 e. The number of hydrogen-bond acceptors (Lipinski definition) is 3. The molecule has 0 radical (unpaired) electrons. The topological polar surface area (TPSA) is 49.9 Å². The molecule has 1 aromatic heterocycles. The Hall–Kier alpha value is -0.363. The number of halogens is 1. The molecule has 104 valence electrons. The van der Waals surface area contributed by atoms with Crippen LogP contribution in [-0.2, 0) is 4.74 Å². The number of nitrogens with one attached hydrogen (secondary N) is 2. The maximum Gasteiger partial charge on any atom is 0.125 e. The average Bonchev–Trinajstić information content (AvgIpc) is 2.80. The van der Waals surface area contributed by atoms with Gasteiger partial charge in [0, 0.05) is 39.5 Å². The molecule has 1 rings (SSSR count). The highest BCUT2D eigenvalue weighted by molar-refractivity contribution is 6.76. The van der Waals surface area contributed by atoms with Gasteiger partial charge in [-0.25, -0.2) is 4.98 Å². The molecule has 0 amide bonds. The normalized spacial score (nSPS) is 13.8. The predicted molar refractivity (Wildman–Crippen MR) is 79.0 cm³/mol. The van der Waals surface area contributed by atoms with Crippen molar-refractivity contribution in [1.82, 2.24) is 15.3 Å². The monoisotopic (exact) mass is 289 g/mol. The Kier molecular flexibility index (Phi) is 6.92. The molecule has 1 atom stereocenters. The largest absolute Gasteiger partial charge is 0.380 e. The molecule has 2 N–H and O–H groups in total. The van der Waals surface area contributed by atoms with Crippen LogP contribution in [0.4, 0.5) is 0 Å². The molecule has 0 bridgehead atoms. The Morgan fingerprint density at radius 2 is 2.28 bits per heavy atom. The fourth-order valence-electron chi connectivity index (χ4n) is 1.51. The van der Waals surface area contributed by atoms with Crippen molar-refractivity contribution in [3.8, 4) is 0 Å². The molecule has 4 nitrogen and oxygen atoms in total. The molecule has 0 spiro atoms. The molecule has 0 fully saturated rings. The van der Waals surface area contributed by atoms with Crippen molar-refractivity contribution in [1.29, 1.82) is 0 Å². The molecule has 0 aliphatic rings. The van der Waals surface area contributed by atoms with E-state index >= 15 is 0 Å². The molecule has 0 aliphatic carbocycles. The quantitative estimate of drug-likeness (QED) is 0.417. The molecule has 6 heteroatoms. The number of aromatic nitrogens is 2. The first-order valence-corrected chi connectivity index (χ1v) is 10.6. The molecule has 1 aromatic rings. The van der Waals surface area contributed by atoms with Crippen LogP contribution >= 0.6 is 11.6 Å². The fourth-order valence-corrected chi connectivity index (χ4v) is 2.38. The van der Waals surface area contributed by atoms with Crippen LogP contribution in [0.1, 0.15) is 11.9 Å². The maximum absolute atomic E-state index is 5.76. The highest BCUT2D eigenvalue weighted by Gasteiger charge is 2.15. The third-order valence-corrected chi connectivity index (χ3v) is 4.51. The van der Waals surface area contributed by atoms with Crippen LogP contribution in [0, 0.1) is 0 Å². The summed E-state index contributed by atoms with van der Waals surface area (Å²) in [5, 5.41) is 3.33. The minimum Gasteiger partial charge on any atom is -0.380 e. The van der Waals surface area contributed by atoms with E-state index in [1.807, 2.05) is 6.20 Å². The second-order valence-electron chi connectivity index (χ2n) is 5.56. The number of rotatable bonds is 9. The summed E-state index contributed by atoms with van der Waals surface area (Å²) in [5.41, 5.74) is 0. The Bertz CT molecular complexity index is 314. The molecule has 0 saturated carbocycles. The van der Waals surface area contributed by atoms with Gasteiger partial charge in [0.15, 0.2) is 0 Å². The minimum atomic E-state index is -1.01. The average molecular weight is 290 g/mol. The van der Waals surface area contributed by atoms with E-state index in [0.717, 1.165) is 19.0 Å². The summed E-state index contributed by atoms with van der Waals surface area (Å²) in [5.74, 6) is 1.50. The third-order valence-electron chi connectivity index (χ3n) is 2.62. The summed E-state index contributed by atoms with van der Waals surface area (Å²) >= 11 is 5.70. The number of alkyl halides is 1. The first kappa shape index (κ1) is 15.7. The predicted octanol–water partition coefficient (Wildman–Crippen LogP) is 2.63. The summed E-state index contributed by atoms with van der Waals surface area (Å²) in [6.45, 7) is 9.28. The zero-order chi connectivity index (χ0) is 13.4. The Morgan fingerprint density at radius 1 is 1.50 bits per heavy atom. The van der Waals surface area contributed by atoms with Crippen LogP contribution in [0.2, 0.25) is 25.7 Å². The van der Waals surface area contributed by atoms with Gasteiger partial charge in [0.05, 0.1) is 12.6 Å². The minimum absolute atomic E-state index is 0.0976. The molecule has 0 aliphatic heterocycles. The standard InChI is InChI=1S/C12H24ClN3OSi/c1-18(2,3)9-8-17-10-11(14-5-4-13)12-15-6-7-16-12/h6-7,11,14H,4-5,8-10H2,1-3H3,(H,15,16). The molecule has 0 aromatic carbocycles. The van der Waals surface area contributed by atoms with E-state index in [9.17, 15) is 0 Å². The van der Waals surface area contributed by atoms with Gasteiger partial charge in [-0.05, 0) is 6.04 Å². The van der Waals surface area contributed by atoms with Gasteiger partial charge < -0.3 is 15.0 Å². The number of nitrogens with zero attached hydrogens (tertiary/aromatic N) is 1. The van der Waals surface area contributed by atoms with Crippen LogP contribution in [0.5, 0.6) is 0 Å². The number of H-pyrrole nitrogens is 1. The van der Waals surface area contributed by atoms with Gasteiger partial charge in [-0.2, -0.15) is 0 Å². The number of hydrogen-bond donors (Lipinski definition) is 2. The van der Waals surface area contributed by atoms with Crippen LogP contribution in [0.25, 0.3) is 0 Å². The summed E-state index contributed by atoms with van der Waals surface area (Å²) in [4.78, 5) is 7.38. The van der Waals surface area contributed by atoms with E-state index in [0.29, 0.717) is 12.5 Å². The summed E-state index contributed by atoms with van der Waals surface area (Å²) in [6.07, 6.45) is 3.58. The number of ether oxygens (including phenoxy) is 1. The zero-order valence-electron chi connectivity index (χ0n) is 11.5. The summed E-state index contributed by atoms with van der Waals surface area (Å²) in [7, 11) is -1.01. The summed E-state index contributed by atoms with van der Waals surface area (Å²) in [6, 6.07) is 1.29. The lowest BCUT2D eigenvalue weighted by molar-refractivity contribution is 0.120. The number of aromatic amines is 1. The zero-order valence-corrected chi connectivity index (χ0v) is 13.3. The Balaban J connectivity index is 2.33.